The van der Waals surface area contributed by atoms with Crippen molar-refractivity contribution in [2.45, 2.75) is 0 Å². The van der Waals surface area contributed by atoms with Gasteiger partial charge in [-0.1, -0.05) is 65.1 Å². The molecule has 29 heavy (non-hydrogen) atoms. The van der Waals surface area contributed by atoms with Gasteiger partial charge in [-0.15, -0.1) is 0 Å². The highest BCUT2D eigenvalue weighted by molar-refractivity contribution is 6.42. The number of ketones is 1. The van der Waals surface area contributed by atoms with E-state index in [4.69, 9.17) is 34.8 Å². The van der Waals surface area contributed by atoms with E-state index >= 15 is 0 Å². The maximum atomic E-state index is 13.1. The van der Waals surface area contributed by atoms with E-state index in [1.807, 2.05) is 6.07 Å². The van der Waals surface area contributed by atoms with E-state index < -0.39 is 5.91 Å². The number of hydrogen-bond acceptors (Lipinski definition) is 2. The van der Waals surface area contributed by atoms with Gasteiger partial charge in [0.1, 0.15) is 5.69 Å². The molecule has 1 aromatic heterocycles. The number of anilines is 1. The Morgan fingerprint density at radius 1 is 0.793 bits per heavy atom. The van der Waals surface area contributed by atoms with Crippen molar-refractivity contribution in [3.05, 3.63) is 98.6 Å². The molecule has 0 aliphatic heterocycles. The molecule has 0 atom stereocenters. The number of benzene rings is 3. The van der Waals surface area contributed by atoms with Crippen molar-refractivity contribution >= 4 is 63.1 Å². The third-order valence-corrected chi connectivity index (χ3v) is 5.42. The largest absolute Gasteiger partial charge is 0.350 e. The SMILES string of the molecule is O=C(Nc1c(C(=O)c2ccccc2)[nH]c2cc(Cl)ccc12)c1ccc(Cl)c(Cl)c1. The van der Waals surface area contributed by atoms with E-state index in [2.05, 4.69) is 10.3 Å². The van der Waals surface area contributed by atoms with Crippen LogP contribution in [0.2, 0.25) is 15.1 Å². The quantitative estimate of drug-likeness (QED) is 0.349. The van der Waals surface area contributed by atoms with Crippen molar-refractivity contribution in [1.82, 2.24) is 4.98 Å². The molecule has 0 unspecified atom stereocenters. The van der Waals surface area contributed by atoms with E-state index in [0.717, 1.165) is 0 Å². The average molecular weight is 444 g/mol. The van der Waals surface area contributed by atoms with Crippen molar-refractivity contribution in [3.63, 3.8) is 0 Å². The second kappa shape index (κ2) is 7.91. The van der Waals surface area contributed by atoms with Gasteiger partial charge in [0.05, 0.1) is 15.7 Å². The number of halogens is 3. The molecule has 0 aliphatic rings. The second-order valence-corrected chi connectivity index (χ2v) is 7.59. The standard InChI is InChI=1S/C22H13Cl3N2O2/c23-14-7-8-15-18(11-14)26-20(21(28)12-4-2-1-3-5-12)19(15)27-22(29)13-6-9-16(24)17(25)10-13/h1-11,26H,(H,27,29). The third kappa shape index (κ3) is 3.87. The van der Waals surface area contributed by atoms with Crippen LogP contribution in [-0.4, -0.2) is 16.7 Å². The predicted molar refractivity (Wildman–Crippen MR) is 118 cm³/mol. The minimum atomic E-state index is -0.415. The monoisotopic (exact) mass is 442 g/mol. The number of aromatic nitrogens is 1. The Balaban J connectivity index is 1.80. The Morgan fingerprint density at radius 3 is 2.28 bits per heavy atom. The van der Waals surface area contributed by atoms with Gasteiger partial charge in [0.25, 0.3) is 5.91 Å². The number of amides is 1. The van der Waals surface area contributed by atoms with Crippen molar-refractivity contribution in [1.29, 1.82) is 0 Å². The van der Waals surface area contributed by atoms with E-state index in [0.29, 0.717) is 37.8 Å². The van der Waals surface area contributed by atoms with Crippen LogP contribution in [0.1, 0.15) is 26.4 Å². The summed E-state index contributed by atoms with van der Waals surface area (Å²) in [6.45, 7) is 0. The molecular formula is C22H13Cl3N2O2. The maximum absolute atomic E-state index is 13.1. The van der Waals surface area contributed by atoms with Crippen LogP contribution in [0, 0.1) is 0 Å². The zero-order valence-electron chi connectivity index (χ0n) is 14.8. The van der Waals surface area contributed by atoms with Gasteiger partial charge in [-0.3, -0.25) is 9.59 Å². The molecule has 0 spiro atoms. The summed E-state index contributed by atoms with van der Waals surface area (Å²) in [4.78, 5) is 29.0. The average Bonchev–Trinajstić information content (AvgIpc) is 3.07. The first-order chi connectivity index (χ1) is 13.9. The number of H-pyrrole nitrogens is 1. The van der Waals surface area contributed by atoms with Crippen molar-refractivity contribution < 1.29 is 9.59 Å². The zero-order valence-corrected chi connectivity index (χ0v) is 17.1. The Morgan fingerprint density at radius 2 is 1.55 bits per heavy atom. The first-order valence-electron chi connectivity index (χ1n) is 8.61. The summed E-state index contributed by atoms with van der Waals surface area (Å²) in [7, 11) is 0. The van der Waals surface area contributed by atoms with Gasteiger partial charge >= 0.3 is 0 Å². The topological polar surface area (TPSA) is 62.0 Å². The molecule has 0 fully saturated rings. The fraction of sp³-hybridized carbons (Fsp3) is 0. The Kier molecular flexibility index (Phi) is 5.33. The highest BCUT2D eigenvalue weighted by atomic mass is 35.5. The summed E-state index contributed by atoms with van der Waals surface area (Å²) in [5.74, 6) is -0.663. The molecule has 4 aromatic rings. The lowest BCUT2D eigenvalue weighted by molar-refractivity contribution is 0.102. The lowest BCUT2D eigenvalue weighted by Gasteiger charge is -2.08. The molecule has 0 saturated heterocycles. The minimum absolute atomic E-state index is 0.248. The van der Waals surface area contributed by atoms with Crippen LogP contribution in [0.3, 0.4) is 0 Å². The number of nitrogens with one attached hydrogen (secondary N) is 2. The number of hydrogen-bond donors (Lipinski definition) is 2. The fourth-order valence-corrected chi connectivity index (χ4v) is 3.50. The first kappa shape index (κ1) is 19.5. The molecule has 0 bridgehead atoms. The van der Waals surface area contributed by atoms with Crippen LogP contribution < -0.4 is 5.32 Å². The molecule has 0 radical (unpaired) electrons. The van der Waals surface area contributed by atoms with Gasteiger partial charge in [0.15, 0.2) is 0 Å². The molecule has 1 heterocycles. The molecule has 144 valence electrons. The summed E-state index contributed by atoms with van der Waals surface area (Å²) in [5.41, 5.74) is 2.10. The van der Waals surface area contributed by atoms with E-state index in [9.17, 15) is 9.59 Å². The highest BCUT2D eigenvalue weighted by Crippen LogP contribution is 2.32. The van der Waals surface area contributed by atoms with Gasteiger partial charge < -0.3 is 10.3 Å². The van der Waals surface area contributed by atoms with Gasteiger partial charge in [-0.05, 0) is 36.4 Å². The van der Waals surface area contributed by atoms with Crippen molar-refractivity contribution in [2.75, 3.05) is 5.32 Å². The number of fused-ring (bicyclic) bond motifs is 1. The number of aromatic amines is 1. The molecule has 2 N–H and O–H groups in total. The summed E-state index contributed by atoms with van der Waals surface area (Å²) in [6, 6.07) is 18.5. The smallest absolute Gasteiger partial charge is 0.255 e. The lowest BCUT2D eigenvalue weighted by Crippen LogP contribution is -2.14. The van der Waals surface area contributed by atoms with Crippen LogP contribution >= 0.6 is 34.8 Å². The van der Waals surface area contributed by atoms with Crippen molar-refractivity contribution in [2.24, 2.45) is 0 Å². The molecule has 0 saturated carbocycles. The molecular weight excluding hydrogens is 431 g/mol. The van der Waals surface area contributed by atoms with E-state index in [1.54, 1.807) is 54.6 Å². The van der Waals surface area contributed by atoms with Crippen LogP contribution in [0.15, 0.2) is 66.7 Å². The normalized spacial score (nSPS) is 10.9. The van der Waals surface area contributed by atoms with Gasteiger partial charge in [-0.25, -0.2) is 0 Å². The molecule has 0 aliphatic carbocycles. The lowest BCUT2D eigenvalue weighted by atomic mass is 10.1. The summed E-state index contributed by atoms with van der Waals surface area (Å²) < 4.78 is 0. The Hall–Kier alpha value is -2.79. The Bertz CT molecular complexity index is 1250. The number of carbonyl (C=O) groups excluding carboxylic acids is 2. The Labute approximate surface area is 181 Å². The molecule has 4 nitrogen and oxygen atoms in total. The zero-order chi connectivity index (χ0) is 20.5. The molecule has 7 heteroatoms. The third-order valence-electron chi connectivity index (χ3n) is 4.44. The van der Waals surface area contributed by atoms with Crippen LogP contribution in [0.25, 0.3) is 10.9 Å². The molecule has 3 aromatic carbocycles. The van der Waals surface area contributed by atoms with Crippen LogP contribution in [0.4, 0.5) is 5.69 Å². The number of carbonyl (C=O) groups is 2. The fourth-order valence-electron chi connectivity index (χ4n) is 3.03. The second-order valence-electron chi connectivity index (χ2n) is 6.34. The van der Waals surface area contributed by atoms with Crippen LogP contribution in [0.5, 0.6) is 0 Å². The van der Waals surface area contributed by atoms with Crippen molar-refractivity contribution in [3.8, 4) is 0 Å². The molecule has 1 amide bonds. The van der Waals surface area contributed by atoms with E-state index in [-0.39, 0.29) is 16.5 Å². The van der Waals surface area contributed by atoms with Gasteiger partial charge in [0, 0.05) is 27.1 Å². The highest BCUT2D eigenvalue weighted by Gasteiger charge is 2.21. The number of rotatable bonds is 4. The van der Waals surface area contributed by atoms with Gasteiger partial charge in [-0.2, -0.15) is 0 Å². The summed E-state index contributed by atoms with van der Waals surface area (Å²) >= 11 is 18.0. The maximum Gasteiger partial charge on any atom is 0.255 e. The van der Waals surface area contributed by atoms with Crippen LogP contribution in [-0.2, 0) is 0 Å². The summed E-state index contributed by atoms with van der Waals surface area (Å²) in [6.07, 6.45) is 0. The van der Waals surface area contributed by atoms with E-state index in [1.165, 1.54) is 6.07 Å². The molecule has 4 rings (SSSR count). The summed E-state index contributed by atoms with van der Waals surface area (Å²) in [5, 5.41) is 4.63. The predicted octanol–water partition coefficient (Wildman–Crippen LogP) is 6.61. The minimum Gasteiger partial charge on any atom is -0.350 e. The van der Waals surface area contributed by atoms with Gasteiger partial charge in [0.2, 0.25) is 5.78 Å². The first-order valence-corrected chi connectivity index (χ1v) is 9.75.